The van der Waals surface area contributed by atoms with Crippen molar-refractivity contribution in [2.75, 3.05) is 0 Å². The normalized spacial score (nSPS) is 10.9. The maximum absolute atomic E-state index is 9.29. The minimum atomic E-state index is 0.634. The number of nitriles is 1. The number of hydrogen-bond acceptors (Lipinski definition) is 4. The summed E-state index contributed by atoms with van der Waals surface area (Å²) in [5.74, 6) is 1.92. The lowest BCUT2D eigenvalue weighted by Gasteiger charge is -2.12. The summed E-state index contributed by atoms with van der Waals surface area (Å²) >= 11 is 0. The molecule has 1 aromatic heterocycles. The van der Waals surface area contributed by atoms with Gasteiger partial charge in [0.2, 0.25) is 0 Å². The molecule has 0 bridgehead atoms. The second-order valence-corrected chi connectivity index (χ2v) is 11.6. The van der Waals surface area contributed by atoms with E-state index in [4.69, 9.17) is 15.0 Å². The Bertz CT molecular complexity index is 2390. The van der Waals surface area contributed by atoms with Crippen LogP contribution in [0.5, 0.6) is 0 Å². The summed E-state index contributed by atoms with van der Waals surface area (Å²) in [6.07, 6.45) is 0. The van der Waals surface area contributed by atoms with Crippen LogP contribution in [0.3, 0.4) is 0 Å². The molecule has 48 heavy (non-hydrogen) atoms. The Morgan fingerprint density at radius 1 is 0.354 bits per heavy atom. The highest BCUT2D eigenvalue weighted by Gasteiger charge is 2.14. The molecule has 0 aliphatic heterocycles. The van der Waals surface area contributed by atoms with E-state index in [0.717, 1.165) is 50.1 Å². The van der Waals surface area contributed by atoms with Gasteiger partial charge in [-0.2, -0.15) is 5.26 Å². The van der Waals surface area contributed by atoms with Crippen molar-refractivity contribution in [3.8, 4) is 73.6 Å². The fourth-order valence-electron chi connectivity index (χ4n) is 6.10. The first-order valence-electron chi connectivity index (χ1n) is 15.8. The second-order valence-electron chi connectivity index (χ2n) is 11.6. The third-order valence-corrected chi connectivity index (χ3v) is 8.55. The van der Waals surface area contributed by atoms with Crippen molar-refractivity contribution in [1.29, 1.82) is 5.26 Å². The fourth-order valence-corrected chi connectivity index (χ4v) is 6.10. The van der Waals surface area contributed by atoms with Gasteiger partial charge in [0.15, 0.2) is 17.5 Å². The average molecular weight is 613 g/mol. The number of aromatic nitrogens is 3. The maximum Gasteiger partial charge on any atom is 0.164 e. The highest BCUT2D eigenvalue weighted by Crippen LogP contribution is 2.34. The molecule has 0 fully saturated rings. The van der Waals surface area contributed by atoms with E-state index in [9.17, 15) is 5.26 Å². The van der Waals surface area contributed by atoms with E-state index in [0.29, 0.717) is 23.0 Å². The molecule has 1 heterocycles. The maximum atomic E-state index is 9.29. The Balaban J connectivity index is 1.15. The van der Waals surface area contributed by atoms with Crippen molar-refractivity contribution >= 4 is 10.8 Å². The van der Waals surface area contributed by atoms with Gasteiger partial charge < -0.3 is 0 Å². The molecule has 4 nitrogen and oxygen atoms in total. The van der Waals surface area contributed by atoms with Crippen LogP contribution in [-0.2, 0) is 0 Å². The molecule has 0 unspecified atom stereocenters. The van der Waals surface area contributed by atoms with Crippen molar-refractivity contribution in [3.05, 3.63) is 175 Å². The van der Waals surface area contributed by atoms with Crippen LogP contribution in [0.15, 0.2) is 170 Å². The molecule has 0 saturated carbocycles. The van der Waals surface area contributed by atoms with Gasteiger partial charge in [-0.15, -0.1) is 0 Å². The fraction of sp³-hybridized carbons (Fsp3) is 0. The smallest absolute Gasteiger partial charge is 0.164 e. The van der Waals surface area contributed by atoms with E-state index in [1.807, 2.05) is 84.9 Å². The zero-order valence-electron chi connectivity index (χ0n) is 26.0. The predicted octanol–water partition coefficient (Wildman–Crippen LogP) is 10.9. The van der Waals surface area contributed by atoms with E-state index >= 15 is 0 Å². The summed E-state index contributed by atoms with van der Waals surface area (Å²) in [5.41, 5.74) is 10.1. The van der Waals surface area contributed by atoms with Crippen LogP contribution in [0.4, 0.5) is 0 Å². The lowest BCUT2D eigenvalue weighted by atomic mass is 9.94. The zero-order valence-corrected chi connectivity index (χ0v) is 26.0. The van der Waals surface area contributed by atoms with Crippen LogP contribution in [0.25, 0.3) is 78.3 Å². The minimum absolute atomic E-state index is 0.634. The Morgan fingerprint density at radius 3 is 1.50 bits per heavy atom. The summed E-state index contributed by atoms with van der Waals surface area (Å²) in [6.45, 7) is 0. The molecule has 0 atom stereocenters. The summed E-state index contributed by atoms with van der Waals surface area (Å²) in [5, 5.41) is 11.6. The Morgan fingerprint density at radius 2 is 0.854 bits per heavy atom. The first-order valence-corrected chi connectivity index (χ1v) is 15.8. The largest absolute Gasteiger partial charge is 0.208 e. The summed E-state index contributed by atoms with van der Waals surface area (Å²) in [6, 6.07) is 60.1. The van der Waals surface area contributed by atoms with E-state index < -0.39 is 0 Å². The average Bonchev–Trinajstić information content (AvgIpc) is 3.18. The van der Waals surface area contributed by atoms with Crippen LogP contribution in [0, 0.1) is 11.3 Å². The number of benzene rings is 7. The van der Waals surface area contributed by atoms with Crippen molar-refractivity contribution in [1.82, 2.24) is 15.0 Å². The van der Waals surface area contributed by atoms with E-state index in [1.165, 1.54) is 10.8 Å². The minimum Gasteiger partial charge on any atom is -0.208 e. The molecule has 8 aromatic rings. The van der Waals surface area contributed by atoms with Gasteiger partial charge in [0.1, 0.15) is 0 Å². The number of fused-ring (bicyclic) bond motifs is 1. The van der Waals surface area contributed by atoms with Gasteiger partial charge in [0.25, 0.3) is 0 Å². The number of rotatable bonds is 6. The van der Waals surface area contributed by atoms with E-state index in [-0.39, 0.29) is 0 Å². The van der Waals surface area contributed by atoms with E-state index in [1.54, 1.807) is 0 Å². The first kappa shape index (κ1) is 28.8. The highest BCUT2D eigenvalue weighted by atomic mass is 15.0. The first-order chi connectivity index (χ1) is 23.7. The second kappa shape index (κ2) is 12.6. The van der Waals surface area contributed by atoms with Gasteiger partial charge in [-0.05, 0) is 68.4 Å². The Labute approximate surface area is 279 Å². The highest BCUT2D eigenvalue weighted by molar-refractivity contribution is 5.99. The molecular weight excluding hydrogens is 585 g/mol. The lowest BCUT2D eigenvalue weighted by Crippen LogP contribution is -2.00. The van der Waals surface area contributed by atoms with Crippen LogP contribution in [0.2, 0.25) is 0 Å². The van der Waals surface area contributed by atoms with Gasteiger partial charge in [0.05, 0.1) is 11.6 Å². The molecule has 224 valence electrons. The van der Waals surface area contributed by atoms with Gasteiger partial charge in [-0.25, -0.2) is 15.0 Å². The Kier molecular flexibility index (Phi) is 7.54. The quantitative estimate of drug-likeness (QED) is 0.187. The van der Waals surface area contributed by atoms with Crippen LogP contribution >= 0.6 is 0 Å². The molecule has 0 N–H and O–H groups in total. The van der Waals surface area contributed by atoms with Crippen molar-refractivity contribution in [2.24, 2.45) is 0 Å². The molecule has 4 heteroatoms. The van der Waals surface area contributed by atoms with Crippen molar-refractivity contribution in [2.45, 2.75) is 0 Å². The molecular formula is C44H28N4. The molecule has 0 aliphatic carbocycles. The van der Waals surface area contributed by atoms with Gasteiger partial charge in [-0.3, -0.25) is 0 Å². The lowest BCUT2D eigenvalue weighted by molar-refractivity contribution is 1.07. The summed E-state index contributed by atoms with van der Waals surface area (Å²) in [4.78, 5) is 14.7. The monoisotopic (exact) mass is 612 g/mol. The van der Waals surface area contributed by atoms with E-state index in [2.05, 4.69) is 91.0 Å². The Hall–Kier alpha value is -6.70. The third-order valence-electron chi connectivity index (χ3n) is 8.55. The predicted molar refractivity (Wildman–Crippen MR) is 195 cm³/mol. The van der Waals surface area contributed by atoms with Crippen LogP contribution in [-0.4, -0.2) is 15.0 Å². The summed E-state index contributed by atoms with van der Waals surface area (Å²) in [7, 11) is 0. The van der Waals surface area contributed by atoms with Crippen molar-refractivity contribution in [3.63, 3.8) is 0 Å². The van der Waals surface area contributed by atoms with Gasteiger partial charge in [0, 0.05) is 16.7 Å². The molecule has 8 rings (SSSR count). The molecule has 0 radical (unpaired) electrons. The molecule has 0 aliphatic rings. The summed E-state index contributed by atoms with van der Waals surface area (Å²) < 4.78 is 0. The number of nitrogens with zero attached hydrogens (tertiary/aromatic N) is 4. The third kappa shape index (κ3) is 5.73. The van der Waals surface area contributed by atoms with Gasteiger partial charge >= 0.3 is 0 Å². The molecule has 0 amide bonds. The van der Waals surface area contributed by atoms with Gasteiger partial charge in [-0.1, -0.05) is 146 Å². The van der Waals surface area contributed by atoms with Crippen LogP contribution in [0.1, 0.15) is 5.56 Å². The molecule has 7 aromatic carbocycles. The molecule has 0 spiro atoms. The van der Waals surface area contributed by atoms with Crippen LogP contribution < -0.4 is 0 Å². The number of hydrogen-bond donors (Lipinski definition) is 0. The standard InChI is InChI=1S/C44H28N4/c45-29-30-10-7-15-35(26-30)31-20-22-32(23-21-31)36-24-25-41-37(27-36)17-9-19-40(41)38-16-8-18-39(28-38)44-47-42(33-11-3-1-4-12-33)46-43(48-44)34-13-5-2-6-14-34/h1-28H. The molecule has 0 saturated heterocycles. The van der Waals surface area contributed by atoms with Crippen molar-refractivity contribution < 1.29 is 0 Å². The zero-order chi connectivity index (χ0) is 32.3. The SMILES string of the molecule is N#Cc1cccc(-c2ccc(-c3ccc4c(-c5cccc(-c6nc(-c7ccccc7)nc(-c7ccccc7)n6)c5)cccc4c3)cc2)c1. The topological polar surface area (TPSA) is 62.5 Å².